The molecule has 0 saturated heterocycles. The van der Waals surface area contributed by atoms with Gasteiger partial charge < -0.3 is 106 Å². The zero-order valence-corrected chi connectivity index (χ0v) is 60.0. The van der Waals surface area contributed by atoms with Crippen molar-refractivity contribution in [3.05, 3.63) is 47.0 Å². The first-order valence-corrected chi connectivity index (χ1v) is 40.3. The number of H-pyrrole nitrogens is 2. The summed E-state index contributed by atoms with van der Waals surface area (Å²) in [5.41, 5.74) is 3.85. The van der Waals surface area contributed by atoms with E-state index in [9.17, 15) is 19.2 Å². The summed E-state index contributed by atoms with van der Waals surface area (Å²) in [4.78, 5) is 73.6. The molecule has 0 unspecified atom stereocenters. The predicted molar refractivity (Wildman–Crippen MR) is 367 cm³/mol. The van der Waals surface area contributed by atoms with E-state index in [-0.39, 0.29) is 48.9 Å². The second kappa shape index (κ2) is 40.3. The van der Waals surface area contributed by atoms with Crippen molar-refractivity contribution in [2.24, 2.45) is 0 Å². The molecule has 0 saturated carbocycles. The fourth-order valence-corrected chi connectivity index (χ4v) is 20.8. The molecule has 8 bridgehead atoms. The van der Waals surface area contributed by atoms with Crippen molar-refractivity contribution in [1.29, 1.82) is 0 Å². The molecule has 92 heavy (non-hydrogen) atoms. The van der Waals surface area contributed by atoms with Crippen LogP contribution in [-0.4, -0.2) is 185 Å². The van der Waals surface area contributed by atoms with Crippen molar-refractivity contribution < 1.29 is 72.3 Å². The maximum Gasteiger partial charge on any atom is 0.500 e. The maximum atomic E-state index is 14.2. The van der Waals surface area contributed by atoms with Gasteiger partial charge in [0.25, 0.3) is 0 Å². The van der Waals surface area contributed by atoms with E-state index in [1.807, 2.05) is 83.1 Å². The lowest BCUT2D eigenvalue weighted by molar-refractivity contribution is 0.0701. The average molecular weight is 1360 g/mol. The van der Waals surface area contributed by atoms with Gasteiger partial charge in [0.1, 0.15) is 0 Å². The van der Waals surface area contributed by atoms with Crippen LogP contribution >= 0.6 is 0 Å². The fourth-order valence-electron chi connectivity index (χ4n) is 10.4. The Bertz CT molecular complexity index is 2580. The lowest BCUT2D eigenvalue weighted by Crippen LogP contribution is -2.46. The minimum atomic E-state index is -3.01. The standard InChI is InChI=1S/C60H102N12O16Si4/c1-13-77-89(78-14-2,79-15-3)41-25-37-61-57(73)69-53-45-29-31-47(65-45)54(70-58(74)62-38-26-42-90(80-16-4,81-17-5)82-18-6)49-33-35-51(67-49)56(72-60(76)64-40-28-44-92(86-22-10,87-23-11)88-24-12)52-36-34-50(68-52)55(48-32-30-46(53)66-48)71-59(75)63-39-27-43-91(83-19-7,84-20-8)85-21-9/h29-36,65,68H,13-28,37-44H2,1-12H3,(H2,61,69,73)(H2,62,70,74)(H2,63,71,75)(H2,64,72,76). The first-order valence-electron chi connectivity index (χ1n) is 32.6. The zero-order valence-electron chi connectivity index (χ0n) is 56.0. The molecule has 0 radical (unpaired) electrons. The minimum absolute atomic E-state index is 0.248. The van der Waals surface area contributed by atoms with Gasteiger partial charge in [-0.3, -0.25) is 0 Å². The number of fused-ring (bicyclic) bond motifs is 8. The Morgan fingerprint density at radius 3 is 0.652 bits per heavy atom. The number of carbonyl (C=O) groups is 4. The van der Waals surface area contributed by atoms with Crippen LogP contribution in [0.25, 0.3) is 46.4 Å². The van der Waals surface area contributed by atoms with Crippen LogP contribution in [0.4, 0.5) is 41.9 Å². The minimum Gasteiger partial charge on any atom is -0.374 e. The Hall–Kier alpha value is -5.93. The molecular weight excluding hydrogens is 1260 g/mol. The van der Waals surface area contributed by atoms with E-state index in [0.29, 0.717) is 174 Å². The fraction of sp³-hybridized carbons (Fsp3) is 0.600. The topological polar surface area (TPSA) is 333 Å². The van der Waals surface area contributed by atoms with Gasteiger partial charge in [-0.2, -0.15) is 0 Å². The highest BCUT2D eigenvalue weighted by Gasteiger charge is 2.42. The van der Waals surface area contributed by atoms with Gasteiger partial charge in [-0.15, -0.1) is 0 Å². The summed E-state index contributed by atoms with van der Waals surface area (Å²) in [6, 6.07) is 6.69. The second-order valence-electron chi connectivity index (χ2n) is 20.4. The molecule has 5 rings (SSSR count). The number of anilines is 4. The van der Waals surface area contributed by atoms with Gasteiger partial charge in [0, 0.05) is 130 Å². The molecule has 2 aliphatic rings. The van der Waals surface area contributed by atoms with E-state index >= 15 is 0 Å². The van der Waals surface area contributed by atoms with E-state index in [1.165, 1.54) is 0 Å². The first-order chi connectivity index (χ1) is 44.5. The highest BCUT2D eigenvalue weighted by molar-refractivity contribution is 6.62. The summed E-state index contributed by atoms with van der Waals surface area (Å²) in [6.45, 7) is 28.7. The van der Waals surface area contributed by atoms with Crippen molar-refractivity contribution in [2.75, 3.05) is 127 Å². The number of amides is 8. The molecule has 10 N–H and O–H groups in total. The third kappa shape index (κ3) is 23.2. The molecule has 0 aromatic carbocycles. The number of rotatable bonds is 44. The molecule has 28 nitrogen and oxygen atoms in total. The van der Waals surface area contributed by atoms with Crippen LogP contribution in [0.15, 0.2) is 24.3 Å². The van der Waals surface area contributed by atoms with Crippen LogP contribution in [0.2, 0.25) is 24.2 Å². The largest absolute Gasteiger partial charge is 0.500 e. The van der Waals surface area contributed by atoms with Gasteiger partial charge >= 0.3 is 59.3 Å². The van der Waals surface area contributed by atoms with Crippen molar-refractivity contribution in [3.63, 3.8) is 0 Å². The average Bonchev–Trinajstić information content (AvgIpc) is 1.75. The molecule has 0 spiro atoms. The number of hydrogen-bond acceptors (Lipinski definition) is 18. The molecule has 0 fully saturated rings. The molecule has 3 aromatic heterocycles. The third-order valence-corrected chi connectivity index (χ3v) is 26.5. The summed E-state index contributed by atoms with van der Waals surface area (Å²) in [5, 5.41) is 24.1. The normalized spacial score (nSPS) is 12.5. The summed E-state index contributed by atoms with van der Waals surface area (Å²) >= 11 is 0. The first kappa shape index (κ1) is 76.8. The van der Waals surface area contributed by atoms with Gasteiger partial charge in [-0.1, -0.05) is 0 Å². The van der Waals surface area contributed by atoms with Gasteiger partial charge in [0.2, 0.25) is 0 Å². The molecular formula is C60H102N12O16Si4. The smallest absolute Gasteiger partial charge is 0.374 e. The van der Waals surface area contributed by atoms with Gasteiger partial charge in [-0.25, -0.2) is 29.1 Å². The van der Waals surface area contributed by atoms with Crippen LogP contribution in [-0.2, 0) is 53.1 Å². The van der Waals surface area contributed by atoms with Crippen molar-refractivity contribution in [1.82, 2.24) is 41.2 Å². The summed E-state index contributed by atoms with van der Waals surface area (Å²) in [6.07, 6.45) is 8.84. The Morgan fingerprint density at radius 1 is 0.315 bits per heavy atom. The van der Waals surface area contributed by atoms with Crippen LogP contribution < -0.4 is 42.5 Å². The summed E-state index contributed by atoms with van der Waals surface area (Å²) in [7, 11) is -12.0. The zero-order chi connectivity index (χ0) is 66.8. The van der Waals surface area contributed by atoms with Gasteiger partial charge in [0.05, 0.1) is 67.6 Å². The van der Waals surface area contributed by atoms with Gasteiger partial charge in [0.15, 0.2) is 0 Å². The van der Waals surface area contributed by atoms with E-state index in [2.05, 4.69) is 52.5 Å². The lowest BCUT2D eigenvalue weighted by atomic mass is 10.2. The molecule has 0 aliphatic carbocycles. The number of aromatic nitrogens is 4. The number of urea groups is 4. The van der Waals surface area contributed by atoms with E-state index in [1.54, 1.807) is 48.6 Å². The third-order valence-electron chi connectivity index (χ3n) is 13.9. The molecule has 5 heterocycles. The van der Waals surface area contributed by atoms with Crippen LogP contribution in [0.1, 0.15) is 132 Å². The predicted octanol–water partition coefficient (Wildman–Crippen LogP) is 10.9. The SMILES string of the molecule is CCO[Si](CCCNC(=O)Nc1c2nc(c(NC(=O)NCCC[Si](OCC)(OCC)OCC)c3ccc([nH]3)c(NC(=O)NCCC[Si](OCC)(OCC)OCC)c3nc(c(NC(=O)NCCC[Si](OCC)(OCC)OCC)c4ccc1[nH]4)C=C3)C=C2)(OCC)OCC. The molecule has 32 heteroatoms. The number of aromatic amines is 2. The Labute approximate surface area is 546 Å². The van der Waals surface area contributed by atoms with Crippen molar-refractivity contribution in [3.8, 4) is 0 Å². The molecule has 514 valence electrons. The number of nitrogens with one attached hydrogen (secondary N) is 10. The van der Waals surface area contributed by atoms with Crippen LogP contribution in [0.3, 0.4) is 0 Å². The summed E-state index contributed by atoms with van der Waals surface area (Å²) < 4.78 is 72.7. The quantitative estimate of drug-likeness (QED) is 0.0128. The molecule has 3 aromatic rings. The van der Waals surface area contributed by atoms with E-state index in [4.69, 9.17) is 63.1 Å². The highest BCUT2D eigenvalue weighted by atomic mass is 28.4. The number of hydrogen-bond donors (Lipinski definition) is 10. The highest BCUT2D eigenvalue weighted by Crippen LogP contribution is 2.34. The van der Waals surface area contributed by atoms with E-state index < -0.39 is 59.3 Å². The molecule has 0 atom stereocenters. The van der Waals surface area contributed by atoms with Crippen molar-refractivity contribution in [2.45, 2.75) is 133 Å². The molecule has 8 amide bonds. The van der Waals surface area contributed by atoms with Crippen LogP contribution in [0.5, 0.6) is 0 Å². The monoisotopic (exact) mass is 1360 g/mol. The Kier molecular flexibility index (Phi) is 33.7. The van der Waals surface area contributed by atoms with Crippen molar-refractivity contribution >= 4 is 128 Å². The lowest BCUT2D eigenvalue weighted by Gasteiger charge is -2.28. The Morgan fingerprint density at radius 2 is 0.489 bits per heavy atom. The number of nitrogens with zero attached hydrogens (tertiary/aromatic N) is 2. The second-order valence-corrected chi connectivity index (χ2v) is 31.3. The summed E-state index contributed by atoms with van der Waals surface area (Å²) in [5.74, 6) is 0. The molecule has 2 aliphatic heterocycles. The number of carbonyl (C=O) groups excluding carboxylic acids is 4. The van der Waals surface area contributed by atoms with Gasteiger partial charge in [-0.05, 0) is 157 Å². The van der Waals surface area contributed by atoms with E-state index in [0.717, 1.165) is 0 Å². The maximum absolute atomic E-state index is 14.2. The van der Waals surface area contributed by atoms with Crippen LogP contribution in [0, 0.1) is 0 Å². The Balaban J connectivity index is 1.66.